The molecular formula is C5H9N3S. The van der Waals surface area contributed by atoms with Crippen molar-refractivity contribution in [3.63, 3.8) is 0 Å². The summed E-state index contributed by atoms with van der Waals surface area (Å²) < 4.78 is 1.83. The lowest BCUT2D eigenvalue weighted by Gasteiger charge is -1.96. The molecule has 0 unspecified atom stereocenters. The third kappa shape index (κ3) is 1.24. The predicted molar refractivity (Wildman–Crippen MR) is 38.4 cm³/mol. The Morgan fingerprint density at radius 1 is 1.78 bits per heavy atom. The number of nitrogens with zero attached hydrogens (tertiary/aromatic N) is 3. The molecular weight excluding hydrogens is 134 g/mol. The van der Waals surface area contributed by atoms with Gasteiger partial charge in [0.2, 0.25) is 0 Å². The molecule has 3 nitrogen and oxygen atoms in total. The van der Waals surface area contributed by atoms with Crippen LogP contribution in [-0.2, 0) is 12.3 Å². The average Bonchev–Trinajstić information content (AvgIpc) is 2.33. The maximum Gasteiger partial charge on any atom is 0.138 e. The molecule has 0 bridgehead atoms. The second-order valence-corrected chi connectivity index (χ2v) is 1.97. The van der Waals surface area contributed by atoms with E-state index in [1.807, 2.05) is 11.6 Å². The minimum absolute atomic E-state index is 0.661. The highest BCUT2D eigenvalue weighted by molar-refractivity contribution is 7.79. The van der Waals surface area contributed by atoms with Crippen LogP contribution in [0.5, 0.6) is 0 Å². The van der Waals surface area contributed by atoms with Gasteiger partial charge in [-0.2, -0.15) is 17.7 Å². The topological polar surface area (TPSA) is 30.7 Å². The van der Waals surface area contributed by atoms with Gasteiger partial charge < -0.3 is 0 Å². The van der Waals surface area contributed by atoms with Gasteiger partial charge >= 0.3 is 0 Å². The van der Waals surface area contributed by atoms with Gasteiger partial charge in [-0.3, -0.25) is 0 Å². The molecule has 0 saturated carbocycles. The summed E-state index contributed by atoms with van der Waals surface area (Å²) in [5.41, 5.74) is 0. The van der Waals surface area contributed by atoms with Gasteiger partial charge in [0.05, 0.1) is 5.75 Å². The summed E-state index contributed by atoms with van der Waals surface area (Å²) in [6, 6.07) is 0. The Hall–Kier alpha value is -0.510. The highest BCUT2D eigenvalue weighted by atomic mass is 32.1. The van der Waals surface area contributed by atoms with E-state index < -0.39 is 0 Å². The summed E-state index contributed by atoms with van der Waals surface area (Å²) in [6.07, 6.45) is 1.55. The van der Waals surface area contributed by atoms with Crippen molar-refractivity contribution in [1.82, 2.24) is 14.8 Å². The predicted octanol–water partition coefficient (Wildman–Crippen LogP) is 0.728. The third-order valence-corrected chi connectivity index (χ3v) is 1.42. The molecule has 4 heteroatoms. The Balaban J connectivity index is 2.85. The number of rotatable bonds is 2. The smallest absolute Gasteiger partial charge is 0.138 e. The van der Waals surface area contributed by atoms with Crippen LogP contribution in [0.3, 0.4) is 0 Å². The first-order valence-corrected chi connectivity index (χ1v) is 3.49. The summed E-state index contributed by atoms with van der Waals surface area (Å²) >= 11 is 4.08. The van der Waals surface area contributed by atoms with Crippen LogP contribution >= 0.6 is 12.6 Å². The van der Waals surface area contributed by atoms with Crippen LogP contribution in [0.25, 0.3) is 0 Å². The fourth-order valence-electron chi connectivity index (χ4n) is 0.675. The monoisotopic (exact) mass is 143 g/mol. The number of hydrogen-bond acceptors (Lipinski definition) is 3. The van der Waals surface area contributed by atoms with Crippen LogP contribution in [0.15, 0.2) is 6.33 Å². The molecule has 0 aliphatic heterocycles. The van der Waals surface area contributed by atoms with E-state index in [2.05, 4.69) is 22.7 Å². The highest BCUT2D eigenvalue weighted by Crippen LogP contribution is 1.96. The molecule has 1 aromatic rings. The van der Waals surface area contributed by atoms with Gasteiger partial charge in [0.25, 0.3) is 0 Å². The summed E-state index contributed by atoms with van der Waals surface area (Å²) in [4.78, 5) is 3.98. The quantitative estimate of drug-likeness (QED) is 0.619. The molecule has 0 aromatic carbocycles. The Kier molecular flexibility index (Phi) is 2.10. The Morgan fingerprint density at radius 3 is 3.00 bits per heavy atom. The van der Waals surface area contributed by atoms with E-state index in [0.717, 1.165) is 12.4 Å². The fraction of sp³-hybridized carbons (Fsp3) is 0.600. The Labute approximate surface area is 59.5 Å². The SMILES string of the molecule is CCn1ncnc1CS. The number of aromatic nitrogens is 3. The van der Waals surface area contributed by atoms with Gasteiger partial charge in [-0.25, -0.2) is 9.67 Å². The first kappa shape index (κ1) is 6.61. The summed E-state index contributed by atoms with van der Waals surface area (Å²) in [5, 5.41) is 3.96. The molecule has 0 saturated heterocycles. The summed E-state index contributed by atoms with van der Waals surface area (Å²) in [5.74, 6) is 1.59. The van der Waals surface area contributed by atoms with Crippen LogP contribution in [-0.4, -0.2) is 14.8 Å². The van der Waals surface area contributed by atoms with E-state index in [-0.39, 0.29) is 0 Å². The molecule has 1 aromatic heterocycles. The maximum atomic E-state index is 4.08. The lowest BCUT2D eigenvalue weighted by Crippen LogP contribution is -2.00. The van der Waals surface area contributed by atoms with Crippen LogP contribution in [0.2, 0.25) is 0 Å². The van der Waals surface area contributed by atoms with Crippen LogP contribution in [0.4, 0.5) is 0 Å². The van der Waals surface area contributed by atoms with Crippen LogP contribution in [0, 0.1) is 0 Å². The molecule has 0 spiro atoms. The number of thiol groups is 1. The minimum atomic E-state index is 0.661. The van der Waals surface area contributed by atoms with Crippen molar-refractivity contribution in [3.8, 4) is 0 Å². The molecule has 0 amide bonds. The van der Waals surface area contributed by atoms with Crippen molar-refractivity contribution in [2.24, 2.45) is 0 Å². The molecule has 0 fully saturated rings. The lowest BCUT2D eigenvalue weighted by molar-refractivity contribution is 0.633. The van der Waals surface area contributed by atoms with E-state index in [0.29, 0.717) is 5.75 Å². The van der Waals surface area contributed by atoms with E-state index >= 15 is 0 Å². The van der Waals surface area contributed by atoms with E-state index in [9.17, 15) is 0 Å². The van der Waals surface area contributed by atoms with Gasteiger partial charge in [0.15, 0.2) is 0 Å². The molecule has 0 radical (unpaired) electrons. The second-order valence-electron chi connectivity index (χ2n) is 1.65. The van der Waals surface area contributed by atoms with E-state index in [1.54, 1.807) is 6.33 Å². The van der Waals surface area contributed by atoms with Crippen molar-refractivity contribution in [2.75, 3.05) is 0 Å². The van der Waals surface area contributed by atoms with Gasteiger partial charge in [-0.1, -0.05) is 0 Å². The molecule has 1 heterocycles. The fourth-order valence-corrected chi connectivity index (χ4v) is 0.920. The zero-order chi connectivity index (χ0) is 6.69. The molecule has 0 N–H and O–H groups in total. The average molecular weight is 143 g/mol. The summed E-state index contributed by atoms with van der Waals surface area (Å²) in [7, 11) is 0. The zero-order valence-corrected chi connectivity index (χ0v) is 6.17. The molecule has 1 rings (SSSR count). The van der Waals surface area contributed by atoms with Gasteiger partial charge in [0.1, 0.15) is 12.2 Å². The normalized spacial score (nSPS) is 10.0. The molecule has 0 aliphatic carbocycles. The van der Waals surface area contributed by atoms with Gasteiger partial charge in [0, 0.05) is 6.54 Å². The Morgan fingerprint density at radius 2 is 2.56 bits per heavy atom. The van der Waals surface area contributed by atoms with Crippen LogP contribution < -0.4 is 0 Å². The summed E-state index contributed by atoms with van der Waals surface area (Å²) in [6.45, 7) is 2.90. The second kappa shape index (κ2) is 2.87. The minimum Gasteiger partial charge on any atom is -0.250 e. The maximum absolute atomic E-state index is 4.08. The number of hydrogen-bond donors (Lipinski definition) is 1. The highest BCUT2D eigenvalue weighted by Gasteiger charge is 1.96. The van der Waals surface area contributed by atoms with Gasteiger partial charge in [-0.15, -0.1) is 0 Å². The first-order chi connectivity index (χ1) is 4.38. The molecule has 9 heavy (non-hydrogen) atoms. The van der Waals surface area contributed by atoms with Crippen molar-refractivity contribution in [3.05, 3.63) is 12.2 Å². The van der Waals surface area contributed by atoms with Crippen molar-refractivity contribution >= 4 is 12.6 Å². The van der Waals surface area contributed by atoms with Crippen molar-refractivity contribution in [1.29, 1.82) is 0 Å². The standard InChI is InChI=1S/C5H9N3S/c1-2-8-5(3-9)6-4-7-8/h4,9H,2-3H2,1H3. The molecule has 50 valence electrons. The molecule has 0 atom stereocenters. The number of aryl methyl sites for hydroxylation is 1. The zero-order valence-electron chi connectivity index (χ0n) is 5.28. The van der Waals surface area contributed by atoms with Gasteiger partial charge in [-0.05, 0) is 6.92 Å². The Bertz CT molecular complexity index is 166. The van der Waals surface area contributed by atoms with E-state index in [4.69, 9.17) is 0 Å². The molecule has 0 aliphatic rings. The van der Waals surface area contributed by atoms with Crippen molar-refractivity contribution < 1.29 is 0 Å². The van der Waals surface area contributed by atoms with Crippen LogP contribution in [0.1, 0.15) is 12.7 Å². The lowest BCUT2D eigenvalue weighted by atomic mass is 10.6. The first-order valence-electron chi connectivity index (χ1n) is 2.86. The van der Waals surface area contributed by atoms with E-state index in [1.165, 1.54) is 0 Å². The largest absolute Gasteiger partial charge is 0.250 e. The third-order valence-electron chi connectivity index (χ3n) is 1.14. The van der Waals surface area contributed by atoms with Crippen molar-refractivity contribution in [2.45, 2.75) is 19.2 Å².